The van der Waals surface area contributed by atoms with Crippen LogP contribution >= 0.6 is 15.9 Å². The molecule has 0 unspecified atom stereocenters. The molecule has 5 heteroatoms. The van der Waals surface area contributed by atoms with Gasteiger partial charge >= 0.3 is 0 Å². The van der Waals surface area contributed by atoms with Crippen molar-refractivity contribution in [2.24, 2.45) is 7.05 Å². The number of carbonyl (C=O) groups excluding carboxylic acids is 1. The third kappa shape index (κ3) is 2.87. The second-order valence-electron chi connectivity index (χ2n) is 3.79. The number of hydrogen-bond acceptors (Lipinski definition) is 3. The van der Waals surface area contributed by atoms with Gasteiger partial charge in [-0.2, -0.15) is 5.10 Å². The molecule has 4 nitrogen and oxygen atoms in total. The molecule has 0 bridgehead atoms. The predicted octanol–water partition coefficient (Wildman–Crippen LogP) is 2.78. The van der Waals surface area contributed by atoms with Gasteiger partial charge in [0.25, 0.3) is 0 Å². The highest BCUT2D eigenvalue weighted by Crippen LogP contribution is 2.16. The van der Waals surface area contributed by atoms with Crippen LogP contribution in [0.3, 0.4) is 0 Å². The summed E-state index contributed by atoms with van der Waals surface area (Å²) in [7, 11) is 1.65. The quantitative estimate of drug-likeness (QED) is 0.701. The lowest BCUT2D eigenvalue weighted by atomic mass is 10.2. The van der Waals surface area contributed by atoms with E-state index in [1.54, 1.807) is 13.1 Å². The number of allylic oxidation sites excluding steroid dienone is 1. The lowest BCUT2D eigenvalue weighted by molar-refractivity contribution is 0.104. The van der Waals surface area contributed by atoms with E-state index in [-0.39, 0.29) is 17.2 Å². The van der Waals surface area contributed by atoms with E-state index in [4.69, 9.17) is 0 Å². The number of halogens is 1. The number of carbonyl (C=O) groups is 1. The zero-order valence-electron chi connectivity index (χ0n) is 9.67. The lowest BCUT2D eigenvalue weighted by Crippen LogP contribution is -1.97. The highest BCUT2D eigenvalue weighted by atomic mass is 79.9. The SMILES string of the molecule is Cn1cc(O)c(C(=O)/C=C/c2ccc(Br)cc2)n1. The van der Waals surface area contributed by atoms with Crippen molar-refractivity contribution in [2.45, 2.75) is 0 Å². The van der Waals surface area contributed by atoms with Gasteiger partial charge < -0.3 is 5.11 Å². The number of aromatic hydroxyl groups is 1. The number of nitrogens with zero attached hydrogens (tertiary/aromatic N) is 2. The van der Waals surface area contributed by atoms with Crippen LogP contribution in [0.25, 0.3) is 6.08 Å². The fourth-order valence-corrected chi connectivity index (χ4v) is 1.74. The van der Waals surface area contributed by atoms with E-state index in [0.29, 0.717) is 0 Å². The third-order valence-corrected chi connectivity index (χ3v) is 2.87. The molecule has 92 valence electrons. The van der Waals surface area contributed by atoms with Gasteiger partial charge in [-0.3, -0.25) is 9.48 Å². The Hall–Kier alpha value is -1.88. The second-order valence-corrected chi connectivity index (χ2v) is 4.70. The van der Waals surface area contributed by atoms with E-state index >= 15 is 0 Å². The summed E-state index contributed by atoms with van der Waals surface area (Å²) in [5.74, 6) is -0.432. The highest BCUT2D eigenvalue weighted by Gasteiger charge is 2.12. The van der Waals surface area contributed by atoms with Gasteiger partial charge in [0, 0.05) is 11.5 Å². The van der Waals surface area contributed by atoms with Crippen molar-refractivity contribution in [3.8, 4) is 5.75 Å². The van der Waals surface area contributed by atoms with Crippen LogP contribution in [0.4, 0.5) is 0 Å². The van der Waals surface area contributed by atoms with Crippen LogP contribution in [0.5, 0.6) is 5.75 Å². The predicted molar refractivity (Wildman–Crippen MR) is 72.4 cm³/mol. The first-order valence-electron chi connectivity index (χ1n) is 5.27. The van der Waals surface area contributed by atoms with Crippen LogP contribution in [0.1, 0.15) is 16.1 Å². The Morgan fingerprint density at radius 3 is 2.61 bits per heavy atom. The molecular formula is C13H11BrN2O2. The molecule has 2 rings (SSSR count). The van der Waals surface area contributed by atoms with Crippen molar-refractivity contribution in [1.82, 2.24) is 9.78 Å². The smallest absolute Gasteiger partial charge is 0.209 e. The van der Waals surface area contributed by atoms with Crippen molar-refractivity contribution < 1.29 is 9.90 Å². The molecule has 0 saturated carbocycles. The Morgan fingerprint density at radius 1 is 1.39 bits per heavy atom. The summed E-state index contributed by atoms with van der Waals surface area (Å²) in [6, 6.07) is 7.54. The maximum atomic E-state index is 11.8. The fraction of sp³-hybridized carbons (Fsp3) is 0.0769. The van der Waals surface area contributed by atoms with Gasteiger partial charge in [-0.1, -0.05) is 34.1 Å². The normalized spacial score (nSPS) is 11.0. The molecular weight excluding hydrogens is 296 g/mol. The Labute approximate surface area is 113 Å². The number of benzene rings is 1. The van der Waals surface area contributed by atoms with E-state index in [1.165, 1.54) is 17.0 Å². The first kappa shape index (κ1) is 12.6. The Morgan fingerprint density at radius 2 is 2.06 bits per heavy atom. The summed E-state index contributed by atoms with van der Waals surface area (Å²) >= 11 is 3.34. The highest BCUT2D eigenvalue weighted by molar-refractivity contribution is 9.10. The zero-order valence-corrected chi connectivity index (χ0v) is 11.3. The summed E-state index contributed by atoms with van der Waals surface area (Å²) in [5, 5.41) is 13.4. The van der Waals surface area contributed by atoms with Crippen LogP contribution in [-0.2, 0) is 7.05 Å². The first-order valence-corrected chi connectivity index (χ1v) is 6.06. The first-order chi connectivity index (χ1) is 8.56. The number of aromatic nitrogens is 2. The minimum atomic E-state index is -0.323. The molecule has 0 aliphatic carbocycles. The molecule has 0 radical (unpaired) electrons. The van der Waals surface area contributed by atoms with E-state index in [1.807, 2.05) is 24.3 Å². The van der Waals surface area contributed by atoms with Crippen molar-refractivity contribution in [1.29, 1.82) is 0 Å². The van der Waals surface area contributed by atoms with Crippen molar-refractivity contribution >= 4 is 27.8 Å². The average molecular weight is 307 g/mol. The van der Waals surface area contributed by atoms with Gasteiger partial charge in [-0.15, -0.1) is 0 Å². The summed E-state index contributed by atoms with van der Waals surface area (Å²) in [4.78, 5) is 11.8. The monoisotopic (exact) mass is 306 g/mol. The molecule has 0 aliphatic heterocycles. The Kier molecular flexibility index (Phi) is 3.62. The van der Waals surface area contributed by atoms with Gasteiger partial charge in [0.2, 0.25) is 5.78 Å². The van der Waals surface area contributed by atoms with Crippen LogP contribution in [0, 0.1) is 0 Å². The number of ketones is 1. The minimum Gasteiger partial charge on any atom is -0.504 e. The Balaban J connectivity index is 2.16. The molecule has 1 aromatic heterocycles. The van der Waals surface area contributed by atoms with Gasteiger partial charge in [-0.25, -0.2) is 0 Å². The minimum absolute atomic E-state index is 0.0610. The zero-order chi connectivity index (χ0) is 13.1. The molecule has 0 aliphatic rings. The summed E-state index contributed by atoms with van der Waals surface area (Å²) < 4.78 is 2.38. The van der Waals surface area contributed by atoms with E-state index in [9.17, 15) is 9.90 Å². The maximum absolute atomic E-state index is 11.8. The topological polar surface area (TPSA) is 55.1 Å². The molecule has 0 atom stereocenters. The number of rotatable bonds is 3. The molecule has 0 amide bonds. The van der Waals surface area contributed by atoms with Gasteiger partial charge in [0.05, 0.1) is 6.20 Å². The van der Waals surface area contributed by atoms with Crippen LogP contribution in [-0.4, -0.2) is 20.7 Å². The van der Waals surface area contributed by atoms with Gasteiger partial charge in [0.15, 0.2) is 11.4 Å². The van der Waals surface area contributed by atoms with E-state index in [0.717, 1.165) is 10.0 Å². The fourth-order valence-electron chi connectivity index (χ4n) is 1.48. The molecule has 18 heavy (non-hydrogen) atoms. The van der Waals surface area contributed by atoms with Gasteiger partial charge in [0.1, 0.15) is 0 Å². The van der Waals surface area contributed by atoms with Crippen molar-refractivity contribution in [3.63, 3.8) is 0 Å². The molecule has 1 N–H and O–H groups in total. The largest absolute Gasteiger partial charge is 0.504 e. The van der Waals surface area contributed by atoms with Crippen molar-refractivity contribution in [3.05, 3.63) is 52.3 Å². The molecule has 1 heterocycles. The molecule has 1 aromatic carbocycles. The van der Waals surface area contributed by atoms with E-state index in [2.05, 4.69) is 21.0 Å². The summed E-state index contributed by atoms with van der Waals surface area (Å²) in [5.41, 5.74) is 0.966. The average Bonchev–Trinajstić information content (AvgIpc) is 2.67. The van der Waals surface area contributed by atoms with Crippen LogP contribution < -0.4 is 0 Å². The second kappa shape index (κ2) is 5.18. The molecule has 0 fully saturated rings. The molecule has 2 aromatic rings. The third-order valence-electron chi connectivity index (χ3n) is 2.34. The Bertz CT molecular complexity index is 600. The van der Waals surface area contributed by atoms with E-state index < -0.39 is 0 Å². The maximum Gasteiger partial charge on any atom is 0.209 e. The van der Waals surface area contributed by atoms with Crippen LogP contribution in [0.2, 0.25) is 0 Å². The number of aryl methyl sites for hydroxylation is 1. The molecule has 0 saturated heterocycles. The lowest BCUT2D eigenvalue weighted by Gasteiger charge is -1.94. The number of hydrogen-bond donors (Lipinski definition) is 1. The van der Waals surface area contributed by atoms with Crippen molar-refractivity contribution in [2.75, 3.05) is 0 Å². The van der Waals surface area contributed by atoms with Gasteiger partial charge in [-0.05, 0) is 23.8 Å². The summed E-state index contributed by atoms with van der Waals surface area (Å²) in [6.07, 6.45) is 4.47. The standard InChI is InChI=1S/C13H11BrN2O2/c1-16-8-12(18)13(15-16)11(17)7-4-9-2-5-10(14)6-3-9/h2-8,18H,1H3/b7-4+. The molecule has 0 spiro atoms. The van der Waals surface area contributed by atoms with Crippen LogP contribution in [0.15, 0.2) is 41.0 Å². The summed E-state index contributed by atoms with van der Waals surface area (Å²) in [6.45, 7) is 0.